The van der Waals surface area contributed by atoms with Gasteiger partial charge in [-0.2, -0.15) is 10.2 Å². The molecule has 6 rings (SSSR count). The van der Waals surface area contributed by atoms with E-state index in [1.807, 2.05) is 67.1 Å². The number of anilines is 2. The van der Waals surface area contributed by atoms with Crippen LogP contribution < -0.4 is 10.1 Å². The molecule has 5 aromatic rings. The molecule has 4 aromatic heterocycles. The average Bonchev–Trinajstić information content (AvgIpc) is 3.68. The Morgan fingerprint density at radius 3 is 2.42 bits per heavy atom. The Morgan fingerprint density at radius 1 is 1.00 bits per heavy atom. The number of hydrogen-bond donors (Lipinski definition) is 1. The molecule has 0 spiro atoms. The van der Waals surface area contributed by atoms with Crippen LogP contribution in [-0.4, -0.2) is 77.6 Å². The van der Waals surface area contributed by atoms with Crippen molar-refractivity contribution in [1.29, 1.82) is 0 Å². The predicted molar refractivity (Wildman–Crippen MR) is 175 cm³/mol. The number of ether oxygens (including phenoxy) is 1. The fraction of sp³-hybridized carbons (Fsp3) is 0.382. The van der Waals surface area contributed by atoms with Gasteiger partial charge in [0.05, 0.1) is 0 Å². The summed E-state index contributed by atoms with van der Waals surface area (Å²) in [5.74, 6) is 2.54. The van der Waals surface area contributed by atoms with Crippen LogP contribution in [0.25, 0.3) is 11.2 Å². The summed E-state index contributed by atoms with van der Waals surface area (Å²) in [4.78, 5) is 26.6. The van der Waals surface area contributed by atoms with Crippen molar-refractivity contribution < 1.29 is 9.53 Å². The lowest BCUT2D eigenvalue weighted by atomic mass is 9.80. The zero-order valence-electron chi connectivity index (χ0n) is 26.6. The van der Waals surface area contributed by atoms with Crippen LogP contribution in [0, 0.1) is 6.92 Å². The normalized spacial score (nSPS) is 18.5. The third-order valence-corrected chi connectivity index (χ3v) is 8.73. The van der Waals surface area contributed by atoms with Crippen molar-refractivity contribution in [2.75, 3.05) is 26.0 Å². The Bertz CT molecular complexity index is 1830. The predicted octanol–water partition coefficient (Wildman–Crippen LogP) is 6.00. The number of hydrogen-bond acceptors (Lipinski definition) is 8. The minimum absolute atomic E-state index is 0.0788. The van der Waals surface area contributed by atoms with E-state index in [1.165, 1.54) is 11.9 Å². The molecular weight excluding hydrogens is 566 g/mol. The maximum Gasteiger partial charge on any atom is 0.250 e. The molecule has 1 N–H and O–H groups in total. The van der Waals surface area contributed by atoms with Gasteiger partial charge in [0.1, 0.15) is 29.7 Å². The summed E-state index contributed by atoms with van der Waals surface area (Å²) in [6.07, 6.45) is 10.5. The molecule has 1 aliphatic rings. The fourth-order valence-electron chi connectivity index (χ4n) is 6.59. The van der Waals surface area contributed by atoms with Gasteiger partial charge >= 0.3 is 0 Å². The highest BCUT2D eigenvalue weighted by Crippen LogP contribution is 2.41. The van der Waals surface area contributed by atoms with E-state index in [4.69, 9.17) is 4.74 Å². The van der Waals surface area contributed by atoms with E-state index in [-0.39, 0.29) is 23.9 Å². The zero-order valence-corrected chi connectivity index (χ0v) is 26.6. The van der Waals surface area contributed by atoms with Crippen molar-refractivity contribution in [1.82, 2.24) is 39.0 Å². The summed E-state index contributed by atoms with van der Waals surface area (Å²) >= 11 is 0. The highest BCUT2D eigenvalue weighted by atomic mass is 16.5. The maximum atomic E-state index is 13.6. The number of piperidine rings is 1. The Labute approximate surface area is 263 Å². The quantitative estimate of drug-likeness (QED) is 0.193. The highest BCUT2D eigenvalue weighted by Gasteiger charge is 2.39. The van der Waals surface area contributed by atoms with Gasteiger partial charge in [-0.25, -0.2) is 19.0 Å². The number of benzene rings is 1. The van der Waals surface area contributed by atoms with E-state index in [9.17, 15) is 4.79 Å². The van der Waals surface area contributed by atoms with Gasteiger partial charge in [-0.3, -0.25) is 4.79 Å². The number of carbonyl (C=O) groups is 1. The van der Waals surface area contributed by atoms with Crippen LogP contribution in [0.1, 0.15) is 56.6 Å². The van der Waals surface area contributed by atoms with Crippen LogP contribution in [-0.2, 0) is 4.79 Å². The van der Waals surface area contributed by atoms with E-state index in [1.54, 1.807) is 10.8 Å². The zero-order chi connectivity index (χ0) is 31.7. The van der Waals surface area contributed by atoms with Crippen LogP contribution in [0.15, 0.2) is 73.6 Å². The summed E-state index contributed by atoms with van der Waals surface area (Å²) < 4.78 is 9.77. The topological polar surface area (TPSA) is 105 Å². The largest absolute Gasteiger partial charge is 0.457 e. The standard InChI is InChI=1S/C34H41N9O2/c1-7-26-16-24(17-27(8-2)43(26)34(44)23(4)19-40(5)6)29-12-14-42-32(29)33(36-21-38-42)39-25-9-10-30(22(3)15-25)45-28-11-13-41-31(18-28)35-20-37-41/h9-15,18,20-21,24,26-27H,4,7-8,16-17,19H2,1-3,5-6H3,(H,36,38,39). The molecule has 2 unspecified atom stereocenters. The van der Waals surface area contributed by atoms with Gasteiger partial charge in [0.2, 0.25) is 0 Å². The van der Waals surface area contributed by atoms with E-state index < -0.39 is 0 Å². The molecule has 11 nitrogen and oxygen atoms in total. The van der Waals surface area contributed by atoms with E-state index >= 15 is 0 Å². The van der Waals surface area contributed by atoms with Gasteiger partial charge in [0, 0.05) is 48.3 Å². The summed E-state index contributed by atoms with van der Waals surface area (Å²) in [5, 5.41) is 12.2. The third kappa shape index (κ3) is 6.12. The number of fused-ring (bicyclic) bond motifs is 2. The molecule has 1 amide bonds. The van der Waals surface area contributed by atoms with Gasteiger partial charge in [-0.1, -0.05) is 20.4 Å². The van der Waals surface area contributed by atoms with Gasteiger partial charge in [0.15, 0.2) is 11.5 Å². The first kappa shape index (κ1) is 30.3. The number of likely N-dealkylation sites (tertiary alicyclic amines) is 1. The molecule has 0 saturated carbocycles. The second-order valence-electron chi connectivity index (χ2n) is 12.2. The lowest BCUT2D eigenvalue weighted by Crippen LogP contribution is -2.52. The molecule has 1 aromatic carbocycles. The van der Waals surface area contributed by atoms with Gasteiger partial charge < -0.3 is 19.9 Å². The lowest BCUT2D eigenvalue weighted by molar-refractivity contribution is -0.134. The smallest absolute Gasteiger partial charge is 0.250 e. The molecule has 45 heavy (non-hydrogen) atoms. The van der Waals surface area contributed by atoms with Gasteiger partial charge in [-0.15, -0.1) is 0 Å². The van der Waals surface area contributed by atoms with Crippen molar-refractivity contribution in [3.05, 3.63) is 84.7 Å². The number of aryl methyl sites for hydroxylation is 1. The van der Waals surface area contributed by atoms with Crippen molar-refractivity contribution in [2.24, 2.45) is 0 Å². The molecule has 0 aliphatic carbocycles. The van der Waals surface area contributed by atoms with Crippen LogP contribution in [0.4, 0.5) is 11.5 Å². The lowest BCUT2D eigenvalue weighted by Gasteiger charge is -2.45. The molecule has 11 heteroatoms. The average molecular weight is 608 g/mol. The monoisotopic (exact) mass is 607 g/mol. The molecule has 5 heterocycles. The number of aromatic nitrogens is 6. The Kier molecular flexibility index (Phi) is 8.53. The maximum absolute atomic E-state index is 13.6. The molecule has 1 saturated heterocycles. The third-order valence-electron chi connectivity index (χ3n) is 8.73. The summed E-state index contributed by atoms with van der Waals surface area (Å²) in [6, 6.07) is 12.2. The highest BCUT2D eigenvalue weighted by molar-refractivity contribution is 5.94. The van der Waals surface area contributed by atoms with Crippen LogP contribution >= 0.6 is 0 Å². The number of amides is 1. The first-order chi connectivity index (χ1) is 21.7. The van der Waals surface area contributed by atoms with E-state index in [0.717, 1.165) is 59.7 Å². The minimum Gasteiger partial charge on any atom is -0.457 e. The number of carbonyl (C=O) groups excluding carboxylic acids is 1. The number of likely N-dealkylation sites (N-methyl/N-ethyl adjacent to an activating group) is 1. The van der Waals surface area contributed by atoms with Crippen molar-refractivity contribution in [2.45, 2.75) is 64.5 Å². The Hall–Kier alpha value is -4.77. The summed E-state index contributed by atoms with van der Waals surface area (Å²) in [5.41, 5.74) is 5.41. The SMILES string of the molecule is C=C(CN(C)C)C(=O)N1C(CC)CC(c2ccn3ncnc(Nc4ccc(Oc5ccn6ncnc6c5)c(C)c4)c23)CC1CC. The second-order valence-corrected chi connectivity index (χ2v) is 12.2. The molecular formula is C34H41N9O2. The summed E-state index contributed by atoms with van der Waals surface area (Å²) in [7, 11) is 3.94. The fourth-order valence-corrected chi connectivity index (χ4v) is 6.59. The van der Waals surface area contributed by atoms with Crippen LogP contribution in [0.5, 0.6) is 11.5 Å². The molecule has 2 atom stereocenters. The Balaban J connectivity index is 1.24. The van der Waals surface area contributed by atoms with Crippen molar-refractivity contribution >= 4 is 28.6 Å². The molecule has 1 fully saturated rings. The summed E-state index contributed by atoms with van der Waals surface area (Å²) in [6.45, 7) is 11.1. The van der Waals surface area contributed by atoms with E-state index in [2.05, 4.69) is 62.9 Å². The second kappa shape index (κ2) is 12.7. The molecule has 0 bridgehead atoms. The van der Waals surface area contributed by atoms with Crippen molar-refractivity contribution in [3.63, 3.8) is 0 Å². The Morgan fingerprint density at radius 2 is 1.71 bits per heavy atom. The van der Waals surface area contributed by atoms with Crippen molar-refractivity contribution in [3.8, 4) is 11.5 Å². The first-order valence-electron chi connectivity index (χ1n) is 15.6. The number of nitrogens with zero attached hydrogens (tertiary/aromatic N) is 8. The van der Waals surface area contributed by atoms with E-state index in [0.29, 0.717) is 17.9 Å². The molecule has 1 aliphatic heterocycles. The molecule has 234 valence electrons. The number of rotatable bonds is 10. The van der Waals surface area contributed by atoms with Gasteiger partial charge in [0.25, 0.3) is 5.91 Å². The molecule has 0 radical (unpaired) electrons. The van der Waals surface area contributed by atoms with Crippen LogP contribution in [0.2, 0.25) is 0 Å². The first-order valence-corrected chi connectivity index (χ1v) is 15.6. The minimum atomic E-state index is 0.0788. The number of pyridine rings is 1. The van der Waals surface area contributed by atoms with Crippen LogP contribution in [0.3, 0.4) is 0 Å². The number of nitrogens with one attached hydrogen (secondary N) is 1. The van der Waals surface area contributed by atoms with Gasteiger partial charge in [-0.05, 0) is 94.1 Å².